The lowest BCUT2D eigenvalue weighted by atomic mass is 10.1. The van der Waals surface area contributed by atoms with Gasteiger partial charge in [-0.2, -0.15) is 0 Å². The Morgan fingerprint density at radius 1 is 1.24 bits per heavy atom. The van der Waals surface area contributed by atoms with Crippen LogP contribution in [0.2, 0.25) is 0 Å². The van der Waals surface area contributed by atoms with Crippen LogP contribution in [0.15, 0.2) is 36.8 Å². The van der Waals surface area contributed by atoms with Gasteiger partial charge in [-0.1, -0.05) is 6.07 Å². The van der Waals surface area contributed by atoms with E-state index in [0.29, 0.717) is 31.4 Å². The predicted molar refractivity (Wildman–Crippen MR) is 94.7 cm³/mol. The summed E-state index contributed by atoms with van der Waals surface area (Å²) in [4.78, 5) is 26.5. The van der Waals surface area contributed by atoms with E-state index in [1.807, 2.05) is 19.1 Å². The molecule has 2 aromatic heterocycles. The molecule has 3 heterocycles. The fourth-order valence-corrected chi connectivity index (χ4v) is 2.71. The van der Waals surface area contributed by atoms with Crippen LogP contribution in [0, 0.1) is 0 Å². The van der Waals surface area contributed by atoms with Crippen LogP contribution in [0.4, 0.5) is 16.4 Å². The number of aromatic nitrogens is 3. The average Bonchev–Trinajstić information content (AvgIpc) is 2.64. The fourth-order valence-electron chi connectivity index (χ4n) is 2.71. The highest BCUT2D eigenvalue weighted by molar-refractivity contribution is 5.88. The molecule has 0 aromatic carbocycles. The van der Waals surface area contributed by atoms with Crippen molar-refractivity contribution in [2.75, 3.05) is 30.3 Å². The quantitative estimate of drug-likeness (QED) is 0.867. The van der Waals surface area contributed by atoms with Crippen LogP contribution in [0.1, 0.15) is 19.8 Å². The Balaban J connectivity index is 1.48. The zero-order valence-corrected chi connectivity index (χ0v) is 14.2. The van der Waals surface area contributed by atoms with Gasteiger partial charge in [-0.15, -0.1) is 0 Å². The largest absolute Gasteiger partial charge is 0.478 e. The summed E-state index contributed by atoms with van der Waals surface area (Å²) in [5, 5.41) is 6.20. The first-order valence-corrected chi connectivity index (χ1v) is 8.43. The number of carbonyl (C=O) groups excluding carboxylic acids is 1. The monoisotopic (exact) mass is 342 g/mol. The summed E-state index contributed by atoms with van der Waals surface area (Å²) in [7, 11) is 0. The van der Waals surface area contributed by atoms with Gasteiger partial charge in [0.15, 0.2) is 0 Å². The molecule has 2 N–H and O–H groups in total. The summed E-state index contributed by atoms with van der Waals surface area (Å²) in [6.45, 7) is 3.85. The number of rotatable bonds is 5. The molecule has 3 rings (SSSR count). The molecule has 8 heteroatoms. The number of likely N-dealkylation sites (tertiary alicyclic amines) is 1. The number of amides is 2. The second-order valence-corrected chi connectivity index (χ2v) is 5.73. The van der Waals surface area contributed by atoms with Gasteiger partial charge >= 0.3 is 6.03 Å². The summed E-state index contributed by atoms with van der Waals surface area (Å²) in [5.74, 6) is 1.87. The Bertz CT molecular complexity index is 689. The maximum absolute atomic E-state index is 12.3. The number of hydrogen-bond donors (Lipinski definition) is 2. The van der Waals surface area contributed by atoms with Crippen molar-refractivity contribution in [1.29, 1.82) is 0 Å². The molecular weight excluding hydrogens is 320 g/mol. The first-order valence-electron chi connectivity index (χ1n) is 8.43. The first kappa shape index (κ1) is 16.9. The third-order valence-electron chi connectivity index (χ3n) is 3.97. The molecule has 0 bridgehead atoms. The van der Waals surface area contributed by atoms with E-state index in [0.717, 1.165) is 18.7 Å². The van der Waals surface area contributed by atoms with Gasteiger partial charge < -0.3 is 15.0 Å². The highest BCUT2D eigenvalue weighted by Crippen LogP contribution is 2.18. The van der Waals surface area contributed by atoms with Crippen molar-refractivity contribution in [2.24, 2.45) is 0 Å². The Labute approximate surface area is 146 Å². The third kappa shape index (κ3) is 4.79. The van der Waals surface area contributed by atoms with Crippen LogP contribution in [0.3, 0.4) is 0 Å². The molecule has 2 aromatic rings. The summed E-state index contributed by atoms with van der Waals surface area (Å²) < 4.78 is 5.38. The Hall–Kier alpha value is -2.90. The van der Waals surface area contributed by atoms with Crippen LogP contribution in [0.5, 0.6) is 5.88 Å². The van der Waals surface area contributed by atoms with Crippen molar-refractivity contribution in [1.82, 2.24) is 19.9 Å². The number of piperidine rings is 1. The average molecular weight is 342 g/mol. The Morgan fingerprint density at radius 2 is 2.08 bits per heavy atom. The number of pyridine rings is 1. The topological polar surface area (TPSA) is 92.3 Å². The van der Waals surface area contributed by atoms with Crippen LogP contribution in [0.25, 0.3) is 0 Å². The summed E-state index contributed by atoms with van der Waals surface area (Å²) >= 11 is 0. The van der Waals surface area contributed by atoms with Gasteiger partial charge in [-0.25, -0.2) is 19.7 Å². The molecule has 1 fully saturated rings. The minimum absolute atomic E-state index is 0.113. The summed E-state index contributed by atoms with van der Waals surface area (Å²) in [6.07, 6.45) is 4.85. The molecule has 1 saturated heterocycles. The molecule has 25 heavy (non-hydrogen) atoms. The lowest BCUT2D eigenvalue weighted by molar-refractivity contribution is 0.197. The van der Waals surface area contributed by atoms with Crippen LogP contribution in [-0.4, -0.2) is 51.6 Å². The third-order valence-corrected chi connectivity index (χ3v) is 3.97. The smallest absolute Gasteiger partial charge is 0.323 e. The summed E-state index contributed by atoms with van der Waals surface area (Å²) in [5.41, 5.74) is 0. The van der Waals surface area contributed by atoms with Crippen molar-refractivity contribution >= 4 is 17.7 Å². The molecule has 0 radical (unpaired) electrons. The number of carbonyl (C=O) groups is 1. The van der Waals surface area contributed by atoms with Gasteiger partial charge in [0.1, 0.15) is 18.0 Å². The predicted octanol–water partition coefficient (Wildman–Crippen LogP) is 2.38. The lowest BCUT2D eigenvalue weighted by Crippen LogP contribution is -2.44. The molecule has 132 valence electrons. The molecule has 2 amide bonds. The van der Waals surface area contributed by atoms with Crippen molar-refractivity contribution in [3.8, 4) is 5.88 Å². The first-order chi connectivity index (χ1) is 12.2. The number of nitrogens with one attached hydrogen (secondary N) is 2. The minimum atomic E-state index is -0.113. The summed E-state index contributed by atoms with van der Waals surface area (Å²) in [6, 6.07) is 7.38. The molecule has 8 nitrogen and oxygen atoms in total. The number of nitrogens with zero attached hydrogens (tertiary/aromatic N) is 4. The fraction of sp³-hybridized carbons (Fsp3) is 0.412. The van der Waals surface area contributed by atoms with Crippen LogP contribution < -0.4 is 15.4 Å². The maximum Gasteiger partial charge on any atom is 0.323 e. The molecule has 0 saturated carbocycles. The molecule has 0 unspecified atom stereocenters. The van der Waals surface area contributed by atoms with Crippen LogP contribution >= 0.6 is 0 Å². The highest BCUT2D eigenvalue weighted by atomic mass is 16.5. The second kappa shape index (κ2) is 8.27. The molecule has 1 aliphatic heterocycles. The Morgan fingerprint density at radius 3 is 2.80 bits per heavy atom. The van der Waals surface area contributed by atoms with E-state index in [4.69, 9.17) is 4.74 Å². The van der Waals surface area contributed by atoms with Gasteiger partial charge in [0.05, 0.1) is 6.61 Å². The molecule has 0 spiro atoms. The lowest BCUT2D eigenvalue weighted by Gasteiger charge is -2.32. The van der Waals surface area contributed by atoms with Crippen molar-refractivity contribution in [3.63, 3.8) is 0 Å². The number of ether oxygens (including phenoxy) is 1. The standard InChI is InChI=1S/C17H22N6O2/c1-2-25-16-11-15(19-12-20-16)21-13-6-9-23(10-7-13)17(24)22-14-5-3-4-8-18-14/h3-5,8,11-13H,2,6-7,9-10H2,1H3,(H,18,22,24)(H,19,20,21). The van der Waals surface area contributed by atoms with Crippen molar-refractivity contribution < 1.29 is 9.53 Å². The van der Waals surface area contributed by atoms with E-state index in [9.17, 15) is 4.79 Å². The van der Waals surface area contributed by atoms with E-state index in [2.05, 4.69) is 25.6 Å². The zero-order valence-electron chi connectivity index (χ0n) is 14.2. The van der Waals surface area contributed by atoms with E-state index in [1.54, 1.807) is 23.2 Å². The van der Waals surface area contributed by atoms with Gasteiger partial charge in [0.2, 0.25) is 5.88 Å². The number of urea groups is 1. The molecular formula is C17H22N6O2. The number of hydrogen-bond acceptors (Lipinski definition) is 6. The normalized spacial score (nSPS) is 14.8. The highest BCUT2D eigenvalue weighted by Gasteiger charge is 2.23. The molecule has 0 aliphatic carbocycles. The van der Waals surface area contributed by atoms with E-state index in [-0.39, 0.29) is 12.1 Å². The zero-order chi connectivity index (χ0) is 17.5. The molecule has 1 aliphatic rings. The van der Waals surface area contributed by atoms with Crippen LogP contribution in [-0.2, 0) is 0 Å². The van der Waals surface area contributed by atoms with Gasteiger partial charge in [0.25, 0.3) is 0 Å². The number of anilines is 2. The Kier molecular flexibility index (Phi) is 5.61. The van der Waals surface area contributed by atoms with Gasteiger partial charge in [0, 0.05) is 31.4 Å². The second-order valence-electron chi connectivity index (χ2n) is 5.73. The molecule has 0 atom stereocenters. The minimum Gasteiger partial charge on any atom is -0.478 e. The maximum atomic E-state index is 12.3. The van der Waals surface area contributed by atoms with Crippen molar-refractivity contribution in [3.05, 3.63) is 36.8 Å². The van der Waals surface area contributed by atoms with E-state index < -0.39 is 0 Å². The SMILES string of the molecule is CCOc1cc(NC2CCN(C(=O)Nc3ccccn3)CC2)ncn1. The van der Waals surface area contributed by atoms with E-state index >= 15 is 0 Å². The van der Waals surface area contributed by atoms with E-state index in [1.165, 1.54) is 6.33 Å². The van der Waals surface area contributed by atoms with Crippen molar-refractivity contribution in [2.45, 2.75) is 25.8 Å². The van der Waals surface area contributed by atoms with Gasteiger partial charge in [-0.05, 0) is 31.9 Å². The van der Waals surface area contributed by atoms with Gasteiger partial charge in [-0.3, -0.25) is 5.32 Å².